The van der Waals surface area contributed by atoms with E-state index in [-0.39, 0.29) is 58.4 Å². The molecule has 0 saturated heterocycles. The minimum absolute atomic E-state index is 0. The zero-order valence-electron chi connectivity index (χ0n) is 6.62. The Balaban J connectivity index is -0.00000000381. The van der Waals surface area contributed by atoms with Gasteiger partial charge < -0.3 is 28.8 Å². The third-order valence-electron chi connectivity index (χ3n) is 0. The fourth-order valence-corrected chi connectivity index (χ4v) is 0. The molecule has 0 aromatic carbocycles. The average Bonchev–Trinajstić information content (AvgIpc) is 0.722. The monoisotopic (exact) mass is 212 g/mol. The van der Waals surface area contributed by atoms with Crippen LogP contribution < -0.4 is 29.6 Å². The molecule has 0 atom stereocenters. The van der Waals surface area contributed by atoms with Crippen LogP contribution in [0.5, 0.6) is 0 Å². The molecule has 0 unspecified atom stereocenters. The van der Waals surface area contributed by atoms with Gasteiger partial charge in [-0.05, 0) is 0 Å². The van der Waals surface area contributed by atoms with E-state index < -0.39 is 10.4 Å². The minimum Gasteiger partial charge on any atom is -1.00 e. The summed E-state index contributed by atoms with van der Waals surface area (Å²) in [5, 5.41) is 0. The van der Waals surface area contributed by atoms with Crippen LogP contribution in [0.15, 0.2) is 0 Å². The van der Waals surface area contributed by atoms with Crippen LogP contribution in [-0.2, 0) is 10.4 Å². The van der Waals surface area contributed by atoms with Gasteiger partial charge in [0, 0.05) is 0 Å². The first-order chi connectivity index (χ1) is 2.00. The summed E-state index contributed by atoms with van der Waals surface area (Å²) < 4.78 is 31.6. The van der Waals surface area contributed by atoms with Gasteiger partial charge in [0.05, 0.1) is 0 Å². The molecule has 0 fully saturated rings. The van der Waals surface area contributed by atoms with Gasteiger partial charge in [0.2, 0.25) is 0 Å². The molecule has 11 heteroatoms. The van der Waals surface area contributed by atoms with Crippen molar-refractivity contribution in [1.82, 2.24) is 0 Å². The molecule has 11 heavy (non-hydrogen) atoms. The van der Waals surface area contributed by atoms with E-state index in [2.05, 4.69) is 0 Å². The van der Waals surface area contributed by atoms with Crippen LogP contribution >= 0.6 is 0 Å². The molecular weight excluding hydrogens is 199 g/mol. The molecule has 9 nitrogen and oxygen atoms in total. The Kier molecular flexibility index (Phi) is 124. The van der Waals surface area contributed by atoms with Crippen molar-refractivity contribution in [2.45, 2.75) is 0 Å². The van der Waals surface area contributed by atoms with Gasteiger partial charge in [-0.15, -0.1) is 0 Å². The zero-order valence-corrected chi connectivity index (χ0v) is 8.44. The van der Waals surface area contributed by atoms with Crippen LogP contribution in [0.25, 0.3) is 0 Å². The van der Waals surface area contributed by atoms with Crippen molar-refractivity contribution < 1.29 is 75.9 Å². The van der Waals surface area contributed by atoms with Crippen LogP contribution in [0.2, 0.25) is 0 Å². The molecule has 0 radical (unpaired) electrons. The standard InChI is InChI=1S/Na.H2O4S.5H2O.H/c;1-5(2,3)4;;;;;;/h;(H2,1,2,3,4);5*1H2;/q+1;;;;;;;-1. The Hall–Kier alpha value is 0.670. The van der Waals surface area contributed by atoms with E-state index in [0.29, 0.717) is 0 Å². The maximum atomic E-state index is 8.74. The van der Waals surface area contributed by atoms with Crippen molar-refractivity contribution in [3.63, 3.8) is 0 Å². The van der Waals surface area contributed by atoms with Crippen LogP contribution in [0, 0.1) is 0 Å². The first kappa shape index (κ1) is 60.9. The number of hydrogen-bond acceptors (Lipinski definition) is 2. The van der Waals surface area contributed by atoms with Gasteiger partial charge >= 0.3 is 40.0 Å². The Morgan fingerprint density at radius 2 is 0.818 bits per heavy atom. The molecule has 74 valence electrons. The van der Waals surface area contributed by atoms with Gasteiger partial charge in [-0.3, -0.25) is 9.11 Å². The summed E-state index contributed by atoms with van der Waals surface area (Å²) in [6, 6.07) is 0. The van der Waals surface area contributed by atoms with Crippen LogP contribution in [0.3, 0.4) is 0 Å². The summed E-state index contributed by atoms with van der Waals surface area (Å²) in [7, 11) is -4.67. The SMILES string of the molecule is O.O.O.O.O.O=S(=O)(O)O.[H-].[Na+]. The molecule has 0 saturated carbocycles. The molecule has 12 N–H and O–H groups in total. The predicted molar refractivity (Wildman–Crippen MR) is 33.4 cm³/mol. The fourth-order valence-electron chi connectivity index (χ4n) is 0. The number of rotatable bonds is 0. The first-order valence-electron chi connectivity index (χ1n) is 0.698. The fraction of sp³-hybridized carbons (Fsp3) is 0. The Labute approximate surface area is 86.3 Å². The van der Waals surface area contributed by atoms with E-state index in [0.717, 1.165) is 0 Å². The second-order valence-electron chi connectivity index (χ2n) is 0.448. The molecule has 0 spiro atoms. The maximum absolute atomic E-state index is 8.74. The smallest absolute Gasteiger partial charge is 1.00 e. The average molecular weight is 212 g/mol. The molecule has 0 amide bonds. The molecule has 0 rings (SSSR count). The Bertz CT molecular complexity index is 97.7. The minimum atomic E-state index is -4.67. The normalized spacial score (nSPS) is 5.27. The molecular formula is H13NaO9S. The summed E-state index contributed by atoms with van der Waals surface area (Å²) in [6.07, 6.45) is 0. The topological polar surface area (TPSA) is 232 Å². The van der Waals surface area contributed by atoms with Gasteiger partial charge in [0.1, 0.15) is 0 Å². The van der Waals surface area contributed by atoms with Crippen molar-refractivity contribution in [2.24, 2.45) is 0 Å². The first-order valence-corrected chi connectivity index (χ1v) is 2.10. The quantitative estimate of drug-likeness (QED) is 0.293. The summed E-state index contributed by atoms with van der Waals surface area (Å²) in [4.78, 5) is 0. The van der Waals surface area contributed by atoms with E-state index >= 15 is 0 Å². The second kappa shape index (κ2) is 22.4. The number of hydrogen-bond donors (Lipinski definition) is 2. The van der Waals surface area contributed by atoms with Crippen LogP contribution in [-0.4, -0.2) is 44.9 Å². The summed E-state index contributed by atoms with van der Waals surface area (Å²) in [6.45, 7) is 0. The van der Waals surface area contributed by atoms with E-state index in [1.165, 1.54) is 0 Å². The largest absolute Gasteiger partial charge is 1.00 e. The summed E-state index contributed by atoms with van der Waals surface area (Å²) >= 11 is 0. The molecule has 0 aliphatic carbocycles. The third kappa shape index (κ3) is 1790. The van der Waals surface area contributed by atoms with E-state index in [9.17, 15) is 0 Å². The van der Waals surface area contributed by atoms with E-state index in [1.807, 2.05) is 0 Å². The van der Waals surface area contributed by atoms with Gasteiger partial charge in [-0.1, -0.05) is 0 Å². The predicted octanol–water partition coefficient (Wildman–Crippen LogP) is -7.66. The van der Waals surface area contributed by atoms with Gasteiger partial charge in [-0.2, -0.15) is 8.42 Å². The Morgan fingerprint density at radius 1 is 0.818 bits per heavy atom. The molecule has 0 heterocycles. The van der Waals surface area contributed by atoms with Gasteiger partial charge in [0.25, 0.3) is 0 Å². The Morgan fingerprint density at radius 3 is 0.818 bits per heavy atom. The van der Waals surface area contributed by atoms with Gasteiger partial charge in [-0.25, -0.2) is 0 Å². The van der Waals surface area contributed by atoms with Crippen molar-refractivity contribution >= 4 is 10.4 Å². The zero-order chi connectivity index (χ0) is 4.50. The molecule has 0 aliphatic rings. The van der Waals surface area contributed by atoms with Crippen molar-refractivity contribution in [2.75, 3.05) is 0 Å². The van der Waals surface area contributed by atoms with Crippen LogP contribution in [0.1, 0.15) is 1.43 Å². The summed E-state index contributed by atoms with van der Waals surface area (Å²) in [5.41, 5.74) is 0. The summed E-state index contributed by atoms with van der Waals surface area (Å²) in [5.74, 6) is 0. The van der Waals surface area contributed by atoms with Crippen LogP contribution in [0.4, 0.5) is 0 Å². The molecule has 0 aliphatic heterocycles. The molecule has 0 aromatic rings. The van der Waals surface area contributed by atoms with Crippen molar-refractivity contribution in [1.29, 1.82) is 0 Å². The molecule has 0 aromatic heterocycles. The molecule has 0 bridgehead atoms. The van der Waals surface area contributed by atoms with Crippen molar-refractivity contribution in [3.8, 4) is 0 Å². The van der Waals surface area contributed by atoms with E-state index in [1.54, 1.807) is 0 Å². The maximum Gasteiger partial charge on any atom is 1.00 e. The van der Waals surface area contributed by atoms with E-state index in [4.69, 9.17) is 17.5 Å². The van der Waals surface area contributed by atoms with Crippen molar-refractivity contribution in [3.05, 3.63) is 0 Å². The van der Waals surface area contributed by atoms with Gasteiger partial charge in [0.15, 0.2) is 0 Å². The third-order valence-corrected chi connectivity index (χ3v) is 0. The second-order valence-corrected chi connectivity index (χ2v) is 1.34.